The molecule has 0 unspecified atom stereocenters. The van der Waals surface area contributed by atoms with E-state index in [1.54, 1.807) is 36.5 Å². The number of halogens is 1. The zero-order valence-corrected chi connectivity index (χ0v) is 16.6. The van der Waals surface area contributed by atoms with Crippen LogP contribution in [0.3, 0.4) is 0 Å². The smallest absolute Gasteiger partial charge is 0.311 e. The number of aryl methyl sites for hydroxylation is 1. The van der Waals surface area contributed by atoms with E-state index in [-0.39, 0.29) is 17.5 Å². The van der Waals surface area contributed by atoms with Crippen LogP contribution in [0.5, 0.6) is 0 Å². The van der Waals surface area contributed by atoms with Crippen molar-refractivity contribution < 1.29 is 13.9 Å². The van der Waals surface area contributed by atoms with E-state index in [9.17, 15) is 14.0 Å². The summed E-state index contributed by atoms with van der Waals surface area (Å²) in [7, 11) is 0. The molecular formula is C21H21FN2O3S. The van der Waals surface area contributed by atoms with Crippen molar-refractivity contribution in [2.24, 2.45) is 5.92 Å². The molecule has 4 rings (SSSR count). The summed E-state index contributed by atoms with van der Waals surface area (Å²) >= 11 is 1.55. The van der Waals surface area contributed by atoms with Crippen molar-refractivity contribution in [3.05, 3.63) is 62.3 Å². The Balaban J connectivity index is 1.56. The number of H-pyrrole nitrogens is 1. The summed E-state index contributed by atoms with van der Waals surface area (Å²) in [6.45, 7) is 3.87. The topological polar surface area (TPSA) is 72.0 Å². The van der Waals surface area contributed by atoms with E-state index < -0.39 is 17.9 Å². The van der Waals surface area contributed by atoms with E-state index in [2.05, 4.69) is 16.9 Å². The number of nitrogens with one attached hydrogen (secondary N) is 1. The van der Waals surface area contributed by atoms with E-state index in [4.69, 9.17) is 4.74 Å². The van der Waals surface area contributed by atoms with E-state index >= 15 is 0 Å². The lowest BCUT2D eigenvalue weighted by atomic mass is 9.89. The molecule has 0 aliphatic heterocycles. The van der Waals surface area contributed by atoms with Crippen LogP contribution in [0, 0.1) is 11.7 Å². The Morgan fingerprint density at radius 3 is 3.00 bits per heavy atom. The predicted molar refractivity (Wildman–Crippen MR) is 106 cm³/mol. The minimum atomic E-state index is -0.727. The lowest BCUT2D eigenvalue weighted by Gasteiger charge is -2.17. The number of hydrogen-bond donors (Lipinski definition) is 1. The molecule has 7 heteroatoms. The van der Waals surface area contributed by atoms with E-state index in [1.165, 1.54) is 10.9 Å². The highest BCUT2D eigenvalue weighted by Crippen LogP contribution is 2.36. The second-order valence-electron chi connectivity index (χ2n) is 7.38. The number of benzene rings is 1. The van der Waals surface area contributed by atoms with Gasteiger partial charge in [-0.25, -0.2) is 9.37 Å². The van der Waals surface area contributed by atoms with Crippen molar-refractivity contribution in [3.8, 4) is 0 Å². The Kier molecular flexibility index (Phi) is 5.02. The number of ether oxygens (including phenoxy) is 1. The van der Waals surface area contributed by atoms with Crippen LogP contribution >= 0.6 is 11.3 Å². The van der Waals surface area contributed by atoms with Crippen LogP contribution in [0.15, 0.2) is 29.1 Å². The number of thiophene rings is 1. The molecule has 0 radical (unpaired) electrons. The van der Waals surface area contributed by atoms with Gasteiger partial charge < -0.3 is 9.72 Å². The quantitative estimate of drug-likeness (QED) is 0.670. The van der Waals surface area contributed by atoms with Crippen LogP contribution in [0.4, 0.5) is 4.39 Å². The Morgan fingerprint density at radius 2 is 2.21 bits per heavy atom. The molecule has 1 aliphatic rings. The number of rotatable bonds is 4. The van der Waals surface area contributed by atoms with Crippen molar-refractivity contribution in [1.82, 2.24) is 9.97 Å². The third-order valence-corrected chi connectivity index (χ3v) is 6.32. The zero-order chi connectivity index (χ0) is 19.8. The number of hydrogen-bond acceptors (Lipinski definition) is 5. The second kappa shape index (κ2) is 7.47. The van der Waals surface area contributed by atoms with E-state index in [0.29, 0.717) is 22.0 Å². The summed E-state index contributed by atoms with van der Waals surface area (Å²) in [5.41, 5.74) is 1.20. The lowest BCUT2D eigenvalue weighted by Crippen LogP contribution is -2.19. The summed E-state index contributed by atoms with van der Waals surface area (Å²) in [6, 6.07) is 6.09. The molecule has 0 amide bonds. The number of carbonyl (C=O) groups is 1. The first-order valence-electron chi connectivity index (χ1n) is 9.39. The molecule has 2 atom stereocenters. The molecule has 146 valence electrons. The molecule has 0 saturated heterocycles. The van der Waals surface area contributed by atoms with Gasteiger partial charge >= 0.3 is 5.97 Å². The van der Waals surface area contributed by atoms with Gasteiger partial charge in [0.1, 0.15) is 10.6 Å². The number of aromatic amines is 1. The molecule has 0 bridgehead atoms. The Bertz CT molecular complexity index is 1100. The van der Waals surface area contributed by atoms with Gasteiger partial charge in [0.15, 0.2) is 11.9 Å². The molecule has 1 N–H and O–H groups in total. The lowest BCUT2D eigenvalue weighted by molar-refractivity contribution is -0.148. The van der Waals surface area contributed by atoms with Crippen molar-refractivity contribution in [3.63, 3.8) is 0 Å². The molecule has 28 heavy (non-hydrogen) atoms. The summed E-state index contributed by atoms with van der Waals surface area (Å²) < 4.78 is 19.1. The average Bonchev–Trinajstić information content (AvgIpc) is 3.01. The molecule has 3 aromatic rings. The van der Waals surface area contributed by atoms with Gasteiger partial charge in [0, 0.05) is 4.88 Å². The normalized spacial score (nSPS) is 17.3. The van der Waals surface area contributed by atoms with Crippen molar-refractivity contribution >= 4 is 27.5 Å². The molecule has 0 fully saturated rings. The van der Waals surface area contributed by atoms with Gasteiger partial charge in [0.05, 0.1) is 11.8 Å². The van der Waals surface area contributed by atoms with Gasteiger partial charge in [-0.2, -0.15) is 0 Å². The molecule has 1 aromatic carbocycles. The predicted octanol–water partition coefficient (Wildman–Crippen LogP) is 4.10. The Labute approximate surface area is 165 Å². The first-order valence-corrected chi connectivity index (χ1v) is 10.2. The third kappa shape index (κ3) is 3.58. The number of carbonyl (C=O) groups excluding carboxylic acids is 1. The van der Waals surface area contributed by atoms with E-state index in [0.717, 1.165) is 24.8 Å². The SMILES string of the molecule is C[C@H]1CCc2c(sc3nc([C@H](C)OC(=O)Cc4ccccc4F)[nH]c(=O)c23)C1. The maximum Gasteiger partial charge on any atom is 0.311 e. The van der Waals surface area contributed by atoms with Crippen molar-refractivity contribution in [2.45, 2.75) is 45.6 Å². The molecule has 0 spiro atoms. The monoisotopic (exact) mass is 400 g/mol. The van der Waals surface area contributed by atoms with Gasteiger partial charge in [-0.05, 0) is 49.3 Å². The van der Waals surface area contributed by atoms with Gasteiger partial charge in [0.25, 0.3) is 5.56 Å². The standard InChI is InChI=1S/C21H21FN2O3S/c1-11-7-8-14-16(9-11)28-21-18(14)20(26)23-19(24-21)12(2)27-17(25)10-13-5-3-4-6-15(13)22/h3-6,11-12H,7-10H2,1-2H3,(H,23,24,26)/t11-,12-/m0/s1. The Hall–Kier alpha value is -2.54. The van der Waals surface area contributed by atoms with Gasteiger partial charge in [0.2, 0.25) is 0 Å². The van der Waals surface area contributed by atoms with Crippen molar-refractivity contribution in [2.75, 3.05) is 0 Å². The largest absolute Gasteiger partial charge is 0.454 e. The first kappa shape index (κ1) is 18.8. The maximum atomic E-state index is 13.7. The number of fused-ring (bicyclic) bond motifs is 3. The first-order chi connectivity index (χ1) is 13.4. The van der Waals surface area contributed by atoms with Crippen LogP contribution in [-0.4, -0.2) is 15.9 Å². The minimum absolute atomic E-state index is 0.172. The van der Waals surface area contributed by atoms with Gasteiger partial charge in [-0.15, -0.1) is 11.3 Å². The van der Waals surface area contributed by atoms with Gasteiger partial charge in [-0.1, -0.05) is 25.1 Å². The van der Waals surface area contributed by atoms with Crippen LogP contribution < -0.4 is 5.56 Å². The van der Waals surface area contributed by atoms with Crippen LogP contribution in [0.2, 0.25) is 0 Å². The highest BCUT2D eigenvalue weighted by Gasteiger charge is 2.24. The molecule has 0 saturated carbocycles. The van der Waals surface area contributed by atoms with E-state index in [1.807, 2.05) is 0 Å². The van der Waals surface area contributed by atoms with Crippen LogP contribution in [0.25, 0.3) is 10.2 Å². The zero-order valence-electron chi connectivity index (χ0n) is 15.8. The summed E-state index contributed by atoms with van der Waals surface area (Å²) in [6.07, 6.45) is 2.04. The number of aromatic nitrogens is 2. The van der Waals surface area contributed by atoms with Gasteiger partial charge in [-0.3, -0.25) is 9.59 Å². The molecule has 2 aromatic heterocycles. The highest BCUT2D eigenvalue weighted by atomic mass is 32.1. The third-order valence-electron chi connectivity index (χ3n) is 5.17. The summed E-state index contributed by atoms with van der Waals surface area (Å²) in [4.78, 5) is 34.1. The fourth-order valence-electron chi connectivity index (χ4n) is 3.65. The van der Waals surface area contributed by atoms with Crippen LogP contribution in [-0.2, 0) is 28.8 Å². The molecule has 2 heterocycles. The van der Waals surface area contributed by atoms with Crippen molar-refractivity contribution in [1.29, 1.82) is 0 Å². The molecule has 5 nitrogen and oxygen atoms in total. The maximum absolute atomic E-state index is 13.7. The number of esters is 1. The second-order valence-corrected chi connectivity index (χ2v) is 8.47. The minimum Gasteiger partial charge on any atom is -0.454 e. The summed E-state index contributed by atoms with van der Waals surface area (Å²) in [5.74, 6) is -0.0958. The molecular weight excluding hydrogens is 379 g/mol. The van der Waals surface area contributed by atoms with Crippen LogP contribution in [0.1, 0.15) is 48.2 Å². The highest BCUT2D eigenvalue weighted by molar-refractivity contribution is 7.18. The fraction of sp³-hybridized carbons (Fsp3) is 0.381. The Morgan fingerprint density at radius 1 is 1.43 bits per heavy atom. The average molecular weight is 400 g/mol. The molecule has 1 aliphatic carbocycles. The summed E-state index contributed by atoms with van der Waals surface area (Å²) in [5, 5.41) is 0.667. The fourth-order valence-corrected chi connectivity index (χ4v) is 5.04. The number of nitrogens with zero attached hydrogens (tertiary/aromatic N) is 1.